The summed E-state index contributed by atoms with van der Waals surface area (Å²) in [7, 11) is 0. The van der Waals surface area contributed by atoms with E-state index in [0.717, 1.165) is 12.8 Å². The van der Waals surface area contributed by atoms with E-state index in [0.29, 0.717) is 23.2 Å². The zero-order chi connectivity index (χ0) is 15.9. The highest BCUT2D eigenvalue weighted by Gasteiger charge is 2.34. The van der Waals surface area contributed by atoms with Crippen LogP contribution < -0.4 is 0 Å². The van der Waals surface area contributed by atoms with Gasteiger partial charge in [-0.25, -0.2) is 0 Å². The number of amides is 2. The third-order valence-corrected chi connectivity index (χ3v) is 4.12. The van der Waals surface area contributed by atoms with E-state index in [-0.39, 0.29) is 11.8 Å². The van der Waals surface area contributed by atoms with Crippen molar-refractivity contribution in [3.8, 4) is 12.3 Å². The second-order valence-electron chi connectivity index (χ2n) is 5.79. The minimum absolute atomic E-state index is 0.186. The van der Waals surface area contributed by atoms with Crippen molar-refractivity contribution in [3.05, 3.63) is 34.9 Å². The Labute approximate surface area is 132 Å². The highest BCUT2D eigenvalue weighted by Crippen LogP contribution is 2.24. The second-order valence-corrected chi connectivity index (χ2v) is 5.79. The molecule has 0 saturated heterocycles. The molecule has 0 radical (unpaired) electrons. The van der Waals surface area contributed by atoms with Crippen LogP contribution in [-0.4, -0.2) is 23.3 Å². The van der Waals surface area contributed by atoms with Crippen LogP contribution in [0.25, 0.3) is 0 Å². The van der Waals surface area contributed by atoms with Gasteiger partial charge in [0.1, 0.15) is 0 Å². The number of fused-ring (bicyclic) bond motifs is 1. The van der Waals surface area contributed by atoms with E-state index in [1.807, 2.05) is 0 Å². The molecule has 0 fully saturated rings. The van der Waals surface area contributed by atoms with Crippen LogP contribution in [-0.2, 0) is 0 Å². The number of carbonyl (C=O) groups is 2. The number of carbonyl (C=O) groups excluding carboxylic acids is 2. The minimum atomic E-state index is -0.205. The van der Waals surface area contributed by atoms with Crippen molar-refractivity contribution in [2.45, 2.75) is 51.9 Å². The summed E-state index contributed by atoms with van der Waals surface area (Å²) in [4.78, 5) is 25.9. The van der Waals surface area contributed by atoms with Crippen LogP contribution in [0.15, 0.2) is 18.2 Å². The van der Waals surface area contributed by atoms with Crippen molar-refractivity contribution in [1.82, 2.24) is 4.90 Å². The van der Waals surface area contributed by atoms with Gasteiger partial charge in [0.05, 0.1) is 11.1 Å². The van der Waals surface area contributed by atoms with Gasteiger partial charge in [-0.1, -0.05) is 51.4 Å². The number of imide groups is 1. The van der Waals surface area contributed by atoms with Crippen LogP contribution in [0.1, 0.15) is 78.1 Å². The van der Waals surface area contributed by atoms with E-state index in [9.17, 15) is 9.59 Å². The molecule has 3 nitrogen and oxygen atoms in total. The molecule has 0 aliphatic carbocycles. The summed E-state index contributed by atoms with van der Waals surface area (Å²) in [5.74, 6) is 2.11. The Morgan fingerprint density at radius 2 is 1.59 bits per heavy atom. The van der Waals surface area contributed by atoms with Crippen molar-refractivity contribution >= 4 is 11.8 Å². The summed E-state index contributed by atoms with van der Waals surface area (Å²) in [5, 5.41) is 0. The molecule has 1 aromatic rings. The fraction of sp³-hybridized carbons (Fsp3) is 0.474. The lowest BCUT2D eigenvalue weighted by Gasteiger charge is -2.13. The number of hydrogen-bond donors (Lipinski definition) is 0. The van der Waals surface area contributed by atoms with Gasteiger partial charge >= 0.3 is 0 Å². The first-order valence-corrected chi connectivity index (χ1v) is 8.16. The number of terminal acetylenes is 1. The van der Waals surface area contributed by atoms with E-state index in [2.05, 4.69) is 12.8 Å². The molecule has 2 amide bonds. The first kappa shape index (κ1) is 16.3. The highest BCUT2D eigenvalue weighted by molar-refractivity contribution is 6.21. The van der Waals surface area contributed by atoms with Crippen molar-refractivity contribution in [3.63, 3.8) is 0 Å². The molecule has 2 rings (SSSR count). The van der Waals surface area contributed by atoms with Gasteiger partial charge in [0.2, 0.25) is 0 Å². The Hall–Kier alpha value is -2.08. The predicted octanol–water partition coefficient (Wildman–Crippen LogP) is 4.01. The molecule has 1 aliphatic heterocycles. The van der Waals surface area contributed by atoms with Gasteiger partial charge in [-0.15, -0.1) is 6.42 Å². The Morgan fingerprint density at radius 3 is 2.27 bits per heavy atom. The molecule has 1 aliphatic rings. The largest absolute Gasteiger partial charge is 0.274 e. The smallest absolute Gasteiger partial charge is 0.261 e. The van der Waals surface area contributed by atoms with Gasteiger partial charge in [-0.05, 0) is 24.6 Å². The molecule has 0 bridgehead atoms. The van der Waals surface area contributed by atoms with Crippen LogP contribution in [0, 0.1) is 12.3 Å². The molecule has 0 atom stereocenters. The van der Waals surface area contributed by atoms with Gasteiger partial charge in [-0.2, -0.15) is 0 Å². The Kier molecular flexibility index (Phi) is 5.77. The summed E-state index contributed by atoms with van der Waals surface area (Å²) in [6.07, 6.45) is 13.5. The van der Waals surface area contributed by atoms with Crippen molar-refractivity contribution < 1.29 is 9.59 Å². The highest BCUT2D eigenvalue weighted by atomic mass is 16.2. The summed E-state index contributed by atoms with van der Waals surface area (Å²) < 4.78 is 0. The minimum Gasteiger partial charge on any atom is -0.274 e. The number of unbranched alkanes of at least 4 members (excludes halogenated alkanes) is 6. The Bertz CT molecular complexity index is 598. The predicted molar refractivity (Wildman–Crippen MR) is 87.7 cm³/mol. The summed E-state index contributed by atoms with van der Waals surface area (Å²) >= 11 is 0. The summed E-state index contributed by atoms with van der Waals surface area (Å²) in [6.45, 7) is 2.71. The van der Waals surface area contributed by atoms with Crippen LogP contribution in [0.3, 0.4) is 0 Å². The van der Waals surface area contributed by atoms with E-state index >= 15 is 0 Å². The first-order chi connectivity index (χ1) is 10.7. The zero-order valence-corrected chi connectivity index (χ0v) is 13.2. The van der Waals surface area contributed by atoms with Crippen LogP contribution in [0.5, 0.6) is 0 Å². The molecule has 3 heteroatoms. The molecule has 0 saturated carbocycles. The molecule has 1 heterocycles. The lowest BCUT2D eigenvalue weighted by Crippen LogP contribution is -2.30. The van der Waals surface area contributed by atoms with Gasteiger partial charge in [0.15, 0.2) is 0 Å². The van der Waals surface area contributed by atoms with E-state index in [1.54, 1.807) is 18.2 Å². The SMILES string of the molecule is C#Cc1ccc2c(c1)C(=O)N(CCCCCCCCC)C2=O. The summed E-state index contributed by atoms with van der Waals surface area (Å²) in [5.41, 5.74) is 1.56. The average molecular weight is 297 g/mol. The van der Waals surface area contributed by atoms with Gasteiger partial charge < -0.3 is 0 Å². The molecule has 0 unspecified atom stereocenters. The maximum absolute atomic E-state index is 12.3. The lowest BCUT2D eigenvalue weighted by atomic mass is 10.1. The van der Waals surface area contributed by atoms with Gasteiger partial charge in [0, 0.05) is 12.1 Å². The maximum atomic E-state index is 12.3. The normalized spacial score (nSPS) is 13.4. The zero-order valence-electron chi connectivity index (χ0n) is 13.2. The maximum Gasteiger partial charge on any atom is 0.261 e. The fourth-order valence-electron chi connectivity index (χ4n) is 2.81. The van der Waals surface area contributed by atoms with E-state index < -0.39 is 0 Å². The standard InChI is InChI=1S/C19H23NO2/c1-3-5-6-7-8-9-10-13-20-18(21)16-12-11-15(4-2)14-17(16)19(20)22/h2,11-12,14H,3,5-10,13H2,1H3. The number of hydrogen-bond acceptors (Lipinski definition) is 2. The van der Waals surface area contributed by atoms with E-state index in [1.165, 1.54) is 37.0 Å². The number of rotatable bonds is 8. The third kappa shape index (κ3) is 3.57. The Balaban J connectivity index is 1.85. The fourth-order valence-corrected chi connectivity index (χ4v) is 2.81. The Morgan fingerprint density at radius 1 is 0.955 bits per heavy atom. The van der Waals surface area contributed by atoms with E-state index in [4.69, 9.17) is 6.42 Å². The monoisotopic (exact) mass is 297 g/mol. The van der Waals surface area contributed by atoms with Crippen LogP contribution >= 0.6 is 0 Å². The van der Waals surface area contributed by atoms with Gasteiger partial charge in [0.25, 0.3) is 11.8 Å². The molecule has 0 aromatic heterocycles. The first-order valence-electron chi connectivity index (χ1n) is 8.16. The quantitative estimate of drug-likeness (QED) is 0.413. The number of benzene rings is 1. The van der Waals surface area contributed by atoms with Crippen molar-refractivity contribution in [2.75, 3.05) is 6.54 Å². The molecular formula is C19H23NO2. The van der Waals surface area contributed by atoms with Crippen LogP contribution in [0.2, 0.25) is 0 Å². The molecular weight excluding hydrogens is 274 g/mol. The molecule has 0 spiro atoms. The molecule has 22 heavy (non-hydrogen) atoms. The molecule has 1 aromatic carbocycles. The lowest BCUT2D eigenvalue weighted by molar-refractivity contribution is 0.0651. The van der Waals surface area contributed by atoms with Gasteiger partial charge in [-0.3, -0.25) is 14.5 Å². The summed E-state index contributed by atoms with van der Waals surface area (Å²) in [6, 6.07) is 5.01. The van der Waals surface area contributed by atoms with Crippen molar-refractivity contribution in [1.29, 1.82) is 0 Å². The second kappa shape index (κ2) is 7.79. The average Bonchev–Trinajstić information content (AvgIpc) is 2.78. The number of nitrogens with zero attached hydrogens (tertiary/aromatic N) is 1. The third-order valence-electron chi connectivity index (χ3n) is 4.12. The molecule has 116 valence electrons. The molecule has 0 N–H and O–H groups in total. The topological polar surface area (TPSA) is 37.4 Å². The van der Waals surface area contributed by atoms with Crippen LogP contribution in [0.4, 0.5) is 0 Å². The van der Waals surface area contributed by atoms with Crippen molar-refractivity contribution in [2.24, 2.45) is 0 Å².